The first kappa shape index (κ1) is 10.5. The quantitative estimate of drug-likeness (QED) is 0.357. The zero-order valence-electron chi connectivity index (χ0n) is 7.98. The van der Waals surface area contributed by atoms with E-state index in [9.17, 15) is 0 Å². The summed E-state index contributed by atoms with van der Waals surface area (Å²) in [6.07, 6.45) is 4.71. The predicted octanol–water partition coefficient (Wildman–Crippen LogP) is 3.32. The summed E-state index contributed by atoms with van der Waals surface area (Å²) in [6.45, 7) is 12.4. The Morgan fingerprint density at radius 2 is 2.00 bits per heavy atom. The highest BCUT2D eigenvalue weighted by Gasteiger charge is 2.12. The molecule has 0 aromatic rings. The molecular formula is C9H18OSi. The van der Waals surface area contributed by atoms with E-state index in [1.807, 2.05) is 6.08 Å². The van der Waals surface area contributed by atoms with E-state index in [1.54, 1.807) is 6.26 Å². The molecule has 2 heteroatoms. The van der Waals surface area contributed by atoms with E-state index in [0.717, 1.165) is 12.0 Å². The SMILES string of the molecule is C=C(C=CO[Si](C)(C)C)CC. The van der Waals surface area contributed by atoms with Gasteiger partial charge in [-0.2, -0.15) is 0 Å². The molecule has 64 valence electrons. The van der Waals surface area contributed by atoms with E-state index < -0.39 is 8.32 Å². The second-order valence-electron chi connectivity index (χ2n) is 3.54. The number of allylic oxidation sites excluding steroid dienone is 2. The van der Waals surface area contributed by atoms with Crippen LogP contribution in [0.5, 0.6) is 0 Å². The van der Waals surface area contributed by atoms with Gasteiger partial charge in [0.15, 0.2) is 0 Å². The first-order valence-corrected chi connectivity index (χ1v) is 7.38. The Kier molecular flexibility index (Phi) is 4.19. The fourth-order valence-electron chi connectivity index (χ4n) is 0.452. The minimum atomic E-state index is -1.36. The van der Waals surface area contributed by atoms with Crippen molar-refractivity contribution in [3.63, 3.8) is 0 Å². The Morgan fingerprint density at radius 3 is 2.36 bits per heavy atom. The maximum atomic E-state index is 5.50. The van der Waals surface area contributed by atoms with Crippen molar-refractivity contribution in [1.82, 2.24) is 0 Å². The maximum absolute atomic E-state index is 5.50. The number of hydrogen-bond donors (Lipinski definition) is 0. The van der Waals surface area contributed by atoms with Gasteiger partial charge in [0.25, 0.3) is 0 Å². The summed E-state index contributed by atoms with van der Waals surface area (Å²) in [5.41, 5.74) is 1.11. The van der Waals surface area contributed by atoms with Crippen LogP contribution in [0.4, 0.5) is 0 Å². The van der Waals surface area contributed by atoms with Gasteiger partial charge >= 0.3 is 0 Å². The summed E-state index contributed by atoms with van der Waals surface area (Å²) in [5.74, 6) is 0. The summed E-state index contributed by atoms with van der Waals surface area (Å²) < 4.78 is 5.50. The fraction of sp³-hybridized carbons (Fsp3) is 0.556. The molecule has 11 heavy (non-hydrogen) atoms. The Hall–Kier alpha value is -0.503. The van der Waals surface area contributed by atoms with Gasteiger partial charge in [0, 0.05) is 0 Å². The molecule has 0 aromatic heterocycles. The molecule has 1 nitrogen and oxygen atoms in total. The van der Waals surface area contributed by atoms with Crippen LogP contribution in [0.15, 0.2) is 24.5 Å². The van der Waals surface area contributed by atoms with Crippen molar-refractivity contribution in [2.45, 2.75) is 33.0 Å². The average Bonchev–Trinajstić information content (AvgIpc) is 1.85. The molecule has 0 N–H and O–H groups in total. The highest BCUT2D eigenvalue weighted by molar-refractivity contribution is 6.69. The molecular weight excluding hydrogens is 152 g/mol. The van der Waals surface area contributed by atoms with E-state index in [4.69, 9.17) is 4.43 Å². The Bertz CT molecular complexity index is 153. The van der Waals surface area contributed by atoms with Gasteiger partial charge in [0.05, 0.1) is 6.26 Å². The van der Waals surface area contributed by atoms with Crippen LogP contribution in [0.2, 0.25) is 19.6 Å². The Morgan fingerprint density at radius 1 is 1.45 bits per heavy atom. The molecule has 0 heterocycles. The molecule has 0 unspecified atom stereocenters. The van der Waals surface area contributed by atoms with Gasteiger partial charge in [-0.25, -0.2) is 0 Å². The lowest BCUT2D eigenvalue weighted by Gasteiger charge is -2.14. The topological polar surface area (TPSA) is 9.23 Å². The number of hydrogen-bond acceptors (Lipinski definition) is 1. The molecule has 0 radical (unpaired) electrons. The van der Waals surface area contributed by atoms with Gasteiger partial charge in [-0.15, -0.1) is 0 Å². The van der Waals surface area contributed by atoms with E-state index in [-0.39, 0.29) is 0 Å². The standard InChI is InChI=1S/C9H18OSi/c1-6-9(2)7-8-10-11(3,4)5/h7-8H,2,6H2,1,3-5H3. The lowest BCUT2D eigenvalue weighted by molar-refractivity contribution is 0.479. The molecule has 0 aliphatic rings. The molecule has 0 aliphatic heterocycles. The summed E-state index contributed by atoms with van der Waals surface area (Å²) in [7, 11) is -1.36. The van der Waals surface area contributed by atoms with Gasteiger partial charge in [0.2, 0.25) is 8.32 Å². The van der Waals surface area contributed by atoms with Gasteiger partial charge in [-0.3, -0.25) is 0 Å². The molecule has 0 amide bonds. The minimum absolute atomic E-state index is 0.992. The van der Waals surface area contributed by atoms with Crippen LogP contribution in [-0.4, -0.2) is 8.32 Å². The zero-order valence-corrected chi connectivity index (χ0v) is 8.98. The largest absolute Gasteiger partial charge is 0.550 e. The summed E-state index contributed by atoms with van der Waals surface area (Å²) in [5, 5.41) is 0. The van der Waals surface area contributed by atoms with E-state index in [1.165, 1.54) is 0 Å². The van der Waals surface area contributed by atoms with Crippen molar-refractivity contribution in [2.75, 3.05) is 0 Å². The van der Waals surface area contributed by atoms with E-state index in [2.05, 4.69) is 33.1 Å². The van der Waals surface area contributed by atoms with Crippen molar-refractivity contribution in [2.24, 2.45) is 0 Å². The van der Waals surface area contributed by atoms with Gasteiger partial charge in [0.1, 0.15) is 0 Å². The Labute approximate surface area is 70.9 Å². The van der Waals surface area contributed by atoms with E-state index >= 15 is 0 Å². The lowest BCUT2D eigenvalue weighted by atomic mass is 10.2. The molecule has 0 fully saturated rings. The zero-order chi connectivity index (χ0) is 8.91. The molecule has 0 saturated heterocycles. The van der Waals surface area contributed by atoms with E-state index in [0.29, 0.717) is 0 Å². The van der Waals surface area contributed by atoms with Crippen LogP contribution in [0.25, 0.3) is 0 Å². The molecule has 0 aliphatic carbocycles. The second-order valence-corrected chi connectivity index (χ2v) is 8.01. The third kappa shape index (κ3) is 7.39. The summed E-state index contributed by atoms with van der Waals surface area (Å²) >= 11 is 0. The maximum Gasteiger partial charge on any atom is 0.241 e. The minimum Gasteiger partial charge on any atom is -0.550 e. The molecule has 0 atom stereocenters. The van der Waals surface area contributed by atoms with Gasteiger partial charge in [-0.05, 0) is 32.1 Å². The molecule has 0 bridgehead atoms. The van der Waals surface area contributed by atoms with Crippen LogP contribution < -0.4 is 0 Å². The highest BCUT2D eigenvalue weighted by Crippen LogP contribution is 2.05. The third-order valence-corrected chi connectivity index (χ3v) is 2.02. The van der Waals surface area contributed by atoms with Crippen molar-refractivity contribution >= 4 is 8.32 Å². The molecule has 0 rings (SSSR count). The van der Waals surface area contributed by atoms with Gasteiger partial charge < -0.3 is 4.43 Å². The first-order chi connectivity index (χ1) is 4.95. The van der Waals surface area contributed by atoms with Gasteiger partial charge in [-0.1, -0.05) is 19.1 Å². The van der Waals surface area contributed by atoms with Crippen LogP contribution in [0.1, 0.15) is 13.3 Å². The smallest absolute Gasteiger partial charge is 0.241 e. The summed E-state index contributed by atoms with van der Waals surface area (Å²) in [4.78, 5) is 0. The molecule has 0 saturated carbocycles. The fourth-order valence-corrected chi connectivity index (χ4v) is 0.929. The summed E-state index contributed by atoms with van der Waals surface area (Å²) in [6, 6.07) is 0. The van der Waals surface area contributed by atoms with Crippen molar-refractivity contribution in [3.05, 3.63) is 24.5 Å². The Balaban J connectivity index is 3.70. The van der Waals surface area contributed by atoms with Crippen LogP contribution in [-0.2, 0) is 4.43 Å². The van der Waals surface area contributed by atoms with Crippen LogP contribution in [0, 0.1) is 0 Å². The highest BCUT2D eigenvalue weighted by atomic mass is 28.4. The average molecular weight is 170 g/mol. The van der Waals surface area contributed by atoms with Crippen molar-refractivity contribution < 1.29 is 4.43 Å². The van der Waals surface area contributed by atoms with Crippen LogP contribution in [0.3, 0.4) is 0 Å². The molecule has 0 spiro atoms. The third-order valence-electron chi connectivity index (χ3n) is 1.18. The van der Waals surface area contributed by atoms with Crippen molar-refractivity contribution in [1.29, 1.82) is 0 Å². The predicted molar refractivity (Wildman–Crippen MR) is 53.0 cm³/mol. The van der Waals surface area contributed by atoms with Crippen LogP contribution >= 0.6 is 0 Å². The monoisotopic (exact) mass is 170 g/mol. The second kappa shape index (κ2) is 4.39. The number of rotatable bonds is 4. The molecule has 0 aromatic carbocycles. The van der Waals surface area contributed by atoms with Crippen molar-refractivity contribution in [3.8, 4) is 0 Å². The lowest BCUT2D eigenvalue weighted by Crippen LogP contribution is -2.21. The first-order valence-electron chi connectivity index (χ1n) is 3.98. The normalized spacial score (nSPS) is 12.0.